The third-order valence-electron chi connectivity index (χ3n) is 2.84. The number of rotatable bonds is 3. The van der Waals surface area contributed by atoms with Crippen molar-refractivity contribution < 1.29 is 22.8 Å². The van der Waals surface area contributed by atoms with E-state index in [9.17, 15) is 22.8 Å². The van der Waals surface area contributed by atoms with E-state index in [1.165, 1.54) is 36.4 Å². The largest absolute Gasteiger partial charge is 0.417 e. The molecule has 0 spiro atoms. The number of aldehydes is 2. The van der Waals surface area contributed by atoms with Crippen LogP contribution < -0.4 is 0 Å². The van der Waals surface area contributed by atoms with Gasteiger partial charge in [-0.05, 0) is 17.2 Å². The molecule has 0 bridgehead atoms. The lowest BCUT2D eigenvalue weighted by molar-refractivity contribution is -0.137. The SMILES string of the molecule is O=Cc1cccc(-c2cccc(C=O)c2C(F)(F)F)c1. The minimum atomic E-state index is -4.65. The van der Waals surface area contributed by atoms with Gasteiger partial charge in [-0.25, -0.2) is 0 Å². The molecule has 0 N–H and O–H groups in total. The van der Waals surface area contributed by atoms with Crippen molar-refractivity contribution in [2.24, 2.45) is 0 Å². The lowest BCUT2D eigenvalue weighted by Gasteiger charge is -2.15. The molecule has 0 aliphatic carbocycles. The van der Waals surface area contributed by atoms with Crippen molar-refractivity contribution >= 4 is 12.6 Å². The lowest BCUT2D eigenvalue weighted by atomic mass is 9.94. The number of alkyl halides is 3. The predicted octanol–water partition coefficient (Wildman–Crippen LogP) is 4.00. The summed E-state index contributed by atoms with van der Waals surface area (Å²) in [6, 6.07) is 9.57. The molecule has 0 radical (unpaired) electrons. The second-order valence-electron chi connectivity index (χ2n) is 4.13. The molecule has 0 aliphatic rings. The first kappa shape index (κ1) is 14.0. The molecule has 0 saturated carbocycles. The summed E-state index contributed by atoms with van der Waals surface area (Å²) in [6.07, 6.45) is -3.92. The van der Waals surface area contributed by atoms with Crippen LogP contribution in [0.2, 0.25) is 0 Å². The Bertz CT molecular complexity index is 660. The van der Waals surface area contributed by atoms with Gasteiger partial charge < -0.3 is 0 Å². The summed E-state index contributed by atoms with van der Waals surface area (Å²) in [7, 11) is 0. The molecule has 0 aliphatic heterocycles. The molecule has 0 amide bonds. The molecule has 2 aromatic rings. The van der Waals surface area contributed by atoms with Crippen molar-refractivity contribution in [1.82, 2.24) is 0 Å². The van der Waals surface area contributed by atoms with Crippen LogP contribution in [0.3, 0.4) is 0 Å². The van der Waals surface area contributed by atoms with Crippen molar-refractivity contribution in [2.45, 2.75) is 6.18 Å². The molecular formula is C15H9F3O2. The average molecular weight is 278 g/mol. The summed E-state index contributed by atoms with van der Waals surface area (Å²) >= 11 is 0. The van der Waals surface area contributed by atoms with E-state index in [4.69, 9.17) is 0 Å². The molecule has 0 atom stereocenters. The fraction of sp³-hybridized carbons (Fsp3) is 0.0667. The third-order valence-corrected chi connectivity index (χ3v) is 2.84. The average Bonchev–Trinajstić information content (AvgIpc) is 2.45. The summed E-state index contributed by atoms with van der Waals surface area (Å²) < 4.78 is 39.4. The Kier molecular flexibility index (Phi) is 3.70. The number of halogens is 3. The van der Waals surface area contributed by atoms with Crippen LogP contribution in [0, 0.1) is 0 Å². The standard InChI is InChI=1S/C15H9F3O2/c16-15(17,18)14-12(9-20)5-2-6-13(14)11-4-1-3-10(7-11)8-19/h1-9H. The number of carbonyl (C=O) groups is 2. The van der Waals surface area contributed by atoms with Crippen molar-refractivity contribution in [2.75, 3.05) is 0 Å². The van der Waals surface area contributed by atoms with Gasteiger partial charge in [0.25, 0.3) is 0 Å². The first-order chi connectivity index (χ1) is 9.47. The lowest BCUT2D eigenvalue weighted by Crippen LogP contribution is -2.11. The van der Waals surface area contributed by atoms with Crippen LogP contribution in [0.15, 0.2) is 42.5 Å². The second kappa shape index (κ2) is 5.28. The molecule has 20 heavy (non-hydrogen) atoms. The normalized spacial score (nSPS) is 11.2. The number of hydrogen-bond donors (Lipinski definition) is 0. The second-order valence-corrected chi connectivity index (χ2v) is 4.13. The molecule has 0 aromatic heterocycles. The predicted molar refractivity (Wildman–Crippen MR) is 67.7 cm³/mol. The zero-order valence-electron chi connectivity index (χ0n) is 10.1. The molecule has 2 rings (SSSR count). The fourth-order valence-electron chi connectivity index (χ4n) is 2.00. The Hall–Kier alpha value is -2.43. The topological polar surface area (TPSA) is 34.1 Å². The zero-order chi connectivity index (χ0) is 14.8. The Morgan fingerprint density at radius 3 is 2.20 bits per heavy atom. The zero-order valence-corrected chi connectivity index (χ0v) is 10.1. The van der Waals surface area contributed by atoms with Crippen molar-refractivity contribution in [3.8, 4) is 11.1 Å². The number of hydrogen-bond acceptors (Lipinski definition) is 2. The van der Waals surface area contributed by atoms with E-state index in [0.29, 0.717) is 6.29 Å². The summed E-state index contributed by atoms with van der Waals surface area (Å²) in [5.74, 6) is 0. The van der Waals surface area contributed by atoms with Crippen LogP contribution in [-0.2, 0) is 6.18 Å². The molecule has 0 heterocycles. The molecular weight excluding hydrogens is 269 g/mol. The van der Waals surface area contributed by atoms with Gasteiger partial charge in [0.2, 0.25) is 0 Å². The quantitative estimate of drug-likeness (QED) is 0.795. The van der Waals surface area contributed by atoms with Gasteiger partial charge in [-0.3, -0.25) is 9.59 Å². The maximum Gasteiger partial charge on any atom is 0.417 e. The Morgan fingerprint density at radius 1 is 0.900 bits per heavy atom. The van der Waals surface area contributed by atoms with Crippen LogP contribution in [-0.4, -0.2) is 12.6 Å². The molecule has 102 valence electrons. The fourth-order valence-corrected chi connectivity index (χ4v) is 2.00. The van der Waals surface area contributed by atoms with Crippen LogP contribution in [0.4, 0.5) is 13.2 Å². The van der Waals surface area contributed by atoms with Gasteiger partial charge >= 0.3 is 6.18 Å². The number of carbonyl (C=O) groups excluding carboxylic acids is 2. The highest BCUT2D eigenvalue weighted by atomic mass is 19.4. The minimum Gasteiger partial charge on any atom is -0.298 e. The van der Waals surface area contributed by atoms with Crippen LogP contribution in [0.25, 0.3) is 11.1 Å². The van der Waals surface area contributed by atoms with Gasteiger partial charge in [-0.1, -0.05) is 36.4 Å². The Labute approximate surface area is 112 Å². The van der Waals surface area contributed by atoms with E-state index in [1.807, 2.05) is 0 Å². The highest BCUT2D eigenvalue weighted by Crippen LogP contribution is 2.39. The molecule has 0 saturated heterocycles. The summed E-state index contributed by atoms with van der Waals surface area (Å²) in [6.45, 7) is 0. The first-order valence-corrected chi connectivity index (χ1v) is 5.68. The van der Waals surface area contributed by atoms with Crippen molar-refractivity contribution in [3.05, 3.63) is 59.2 Å². The maximum absolute atomic E-state index is 13.1. The van der Waals surface area contributed by atoms with Crippen LogP contribution >= 0.6 is 0 Å². The van der Waals surface area contributed by atoms with Crippen molar-refractivity contribution in [3.63, 3.8) is 0 Å². The minimum absolute atomic E-state index is 0.120. The molecule has 2 aromatic carbocycles. The van der Waals surface area contributed by atoms with Gasteiger partial charge in [0.05, 0.1) is 5.56 Å². The van der Waals surface area contributed by atoms with Gasteiger partial charge in [-0.15, -0.1) is 0 Å². The van der Waals surface area contributed by atoms with E-state index in [0.717, 1.165) is 6.07 Å². The molecule has 0 unspecified atom stereocenters. The van der Waals surface area contributed by atoms with Crippen molar-refractivity contribution in [1.29, 1.82) is 0 Å². The highest BCUT2D eigenvalue weighted by Gasteiger charge is 2.36. The first-order valence-electron chi connectivity index (χ1n) is 5.68. The van der Waals surface area contributed by atoms with E-state index in [-0.39, 0.29) is 23.0 Å². The van der Waals surface area contributed by atoms with Crippen LogP contribution in [0.1, 0.15) is 26.3 Å². The van der Waals surface area contributed by atoms with E-state index >= 15 is 0 Å². The Balaban J connectivity index is 2.73. The van der Waals surface area contributed by atoms with E-state index < -0.39 is 17.3 Å². The van der Waals surface area contributed by atoms with Gasteiger partial charge in [0.15, 0.2) is 6.29 Å². The monoisotopic (exact) mass is 278 g/mol. The molecule has 0 fully saturated rings. The maximum atomic E-state index is 13.1. The summed E-state index contributed by atoms with van der Waals surface area (Å²) in [5, 5.41) is 0. The highest BCUT2D eigenvalue weighted by molar-refractivity contribution is 5.85. The van der Waals surface area contributed by atoms with Gasteiger partial charge in [-0.2, -0.15) is 13.2 Å². The molecule has 5 heteroatoms. The molecule has 2 nitrogen and oxygen atoms in total. The van der Waals surface area contributed by atoms with Crippen LogP contribution in [0.5, 0.6) is 0 Å². The Morgan fingerprint density at radius 2 is 1.60 bits per heavy atom. The summed E-state index contributed by atoms with van der Waals surface area (Å²) in [4.78, 5) is 21.5. The van der Waals surface area contributed by atoms with Gasteiger partial charge in [0, 0.05) is 11.1 Å². The third kappa shape index (κ3) is 2.61. The van der Waals surface area contributed by atoms with E-state index in [2.05, 4.69) is 0 Å². The van der Waals surface area contributed by atoms with Gasteiger partial charge in [0.1, 0.15) is 6.29 Å². The smallest absolute Gasteiger partial charge is 0.298 e. The number of benzene rings is 2. The summed E-state index contributed by atoms with van der Waals surface area (Å²) in [5.41, 5.74) is -1.02. The van der Waals surface area contributed by atoms with E-state index in [1.54, 1.807) is 0 Å².